The van der Waals surface area contributed by atoms with Gasteiger partial charge in [-0.3, -0.25) is 15.0 Å². The molecule has 0 bridgehead atoms. The van der Waals surface area contributed by atoms with Crippen molar-refractivity contribution in [2.45, 2.75) is 52.5 Å². The molecule has 6 heteroatoms. The van der Waals surface area contributed by atoms with Crippen LogP contribution in [0, 0.1) is 17.2 Å². The third-order valence-corrected chi connectivity index (χ3v) is 5.94. The number of anilines is 1. The van der Waals surface area contributed by atoms with Crippen LogP contribution in [0.1, 0.15) is 56.5 Å². The quantitative estimate of drug-likeness (QED) is 0.546. The molecule has 1 saturated heterocycles. The van der Waals surface area contributed by atoms with Crippen molar-refractivity contribution in [3.8, 4) is 0 Å². The van der Waals surface area contributed by atoms with E-state index < -0.39 is 0 Å². The molecule has 33 heavy (non-hydrogen) atoms. The minimum Gasteiger partial charge on any atom is -0.351 e. The fourth-order valence-corrected chi connectivity index (χ4v) is 4.47. The van der Waals surface area contributed by atoms with E-state index >= 15 is 0 Å². The highest BCUT2D eigenvalue weighted by molar-refractivity contribution is 6.05. The number of carbonyl (C=O) groups is 2. The van der Waals surface area contributed by atoms with Crippen molar-refractivity contribution in [2.24, 2.45) is 11.8 Å². The lowest BCUT2D eigenvalue weighted by molar-refractivity contribution is -0.116. The van der Waals surface area contributed by atoms with E-state index in [1.54, 1.807) is 24.3 Å². The van der Waals surface area contributed by atoms with Crippen LogP contribution in [-0.2, 0) is 11.2 Å². The van der Waals surface area contributed by atoms with E-state index in [0.717, 1.165) is 19.3 Å². The number of likely N-dealkylation sites (tertiary alicyclic amines) is 1. The van der Waals surface area contributed by atoms with Crippen LogP contribution in [0.25, 0.3) is 0 Å². The van der Waals surface area contributed by atoms with Gasteiger partial charge in [-0.2, -0.15) is 0 Å². The van der Waals surface area contributed by atoms with Gasteiger partial charge in [-0.1, -0.05) is 55.8 Å². The molecule has 3 N–H and O–H groups in total. The van der Waals surface area contributed by atoms with Crippen molar-refractivity contribution in [1.29, 1.82) is 5.41 Å². The zero-order valence-electron chi connectivity index (χ0n) is 20.2. The first-order chi connectivity index (χ1) is 15.7. The number of hydrogen-bond donors (Lipinski definition) is 3. The van der Waals surface area contributed by atoms with Crippen molar-refractivity contribution >= 4 is 23.3 Å². The molecule has 2 amide bonds. The third-order valence-electron chi connectivity index (χ3n) is 5.94. The molecule has 0 unspecified atom stereocenters. The second-order valence-corrected chi connectivity index (χ2v) is 9.91. The first-order valence-corrected chi connectivity index (χ1v) is 11.8. The third kappa shape index (κ3) is 6.67. The number of benzene rings is 2. The van der Waals surface area contributed by atoms with Gasteiger partial charge in [0.25, 0.3) is 5.91 Å². The Morgan fingerprint density at radius 2 is 1.73 bits per heavy atom. The monoisotopic (exact) mass is 448 g/mol. The fourth-order valence-electron chi connectivity index (χ4n) is 4.47. The van der Waals surface area contributed by atoms with Crippen LogP contribution >= 0.6 is 0 Å². The van der Waals surface area contributed by atoms with Crippen LogP contribution in [-0.4, -0.2) is 41.2 Å². The van der Waals surface area contributed by atoms with Gasteiger partial charge >= 0.3 is 0 Å². The molecule has 0 spiro atoms. The van der Waals surface area contributed by atoms with E-state index in [1.165, 1.54) is 5.56 Å². The average Bonchev–Trinajstić information content (AvgIpc) is 3.02. The van der Waals surface area contributed by atoms with Crippen LogP contribution < -0.4 is 10.6 Å². The van der Waals surface area contributed by atoms with E-state index in [1.807, 2.05) is 43.9 Å². The van der Waals surface area contributed by atoms with Crippen LogP contribution in [0.5, 0.6) is 0 Å². The van der Waals surface area contributed by atoms with Crippen molar-refractivity contribution in [3.63, 3.8) is 0 Å². The van der Waals surface area contributed by atoms with Crippen LogP contribution in [0.15, 0.2) is 54.6 Å². The highest BCUT2D eigenvalue weighted by Crippen LogP contribution is 2.31. The van der Waals surface area contributed by atoms with Gasteiger partial charge in [0.15, 0.2) is 0 Å². The summed E-state index contributed by atoms with van der Waals surface area (Å²) in [5, 5.41) is 14.6. The summed E-state index contributed by atoms with van der Waals surface area (Å²) >= 11 is 0. The molecule has 3 rings (SSSR count). The summed E-state index contributed by atoms with van der Waals surface area (Å²) < 4.78 is 0. The minimum absolute atomic E-state index is 0.111. The van der Waals surface area contributed by atoms with Gasteiger partial charge < -0.3 is 15.5 Å². The van der Waals surface area contributed by atoms with Gasteiger partial charge in [0.2, 0.25) is 5.91 Å². The summed E-state index contributed by atoms with van der Waals surface area (Å²) in [6, 6.07) is 17.3. The molecule has 2 aromatic carbocycles. The molecule has 1 aliphatic heterocycles. The molecule has 1 aliphatic rings. The van der Waals surface area contributed by atoms with E-state index in [9.17, 15) is 9.59 Å². The zero-order valence-corrected chi connectivity index (χ0v) is 20.2. The van der Waals surface area contributed by atoms with Gasteiger partial charge in [-0.05, 0) is 57.2 Å². The zero-order chi connectivity index (χ0) is 24.0. The molecule has 0 radical (unpaired) electrons. The number of rotatable bonds is 8. The number of amides is 2. The number of para-hydroxylation sites is 1. The Balaban J connectivity index is 1.68. The summed E-state index contributed by atoms with van der Waals surface area (Å²) in [4.78, 5) is 27.5. The number of hydrogen-bond acceptors (Lipinski definition) is 3. The SMILES string of the molecule is CCC[C@H]1CN(CC(=O)Nc2ccccc2C(=O)NC(C)(C)C)C(=N)[C@@H]1Cc1ccccc1. The van der Waals surface area contributed by atoms with Gasteiger partial charge in [0.1, 0.15) is 5.84 Å². The maximum atomic E-state index is 12.9. The molecule has 1 heterocycles. The largest absolute Gasteiger partial charge is 0.351 e. The minimum atomic E-state index is -0.374. The Kier molecular flexibility index (Phi) is 7.90. The number of nitrogens with zero attached hydrogens (tertiary/aromatic N) is 1. The lowest BCUT2D eigenvalue weighted by atomic mass is 9.86. The predicted molar refractivity (Wildman–Crippen MR) is 134 cm³/mol. The van der Waals surface area contributed by atoms with Gasteiger partial charge in [-0.15, -0.1) is 0 Å². The van der Waals surface area contributed by atoms with E-state index in [4.69, 9.17) is 5.41 Å². The summed E-state index contributed by atoms with van der Waals surface area (Å²) in [6.45, 7) is 8.75. The standard InChI is InChI=1S/C27H36N4O2/c1-5-11-20-17-31(25(28)22(20)16-19-12-7-6-8-13-19)18-24(32)29-23-15-10-9-14-21(23)26(33)30-27(2,3)4/h6-10,12-15,20,22,28H,5,11,16-18H2,1-4H3,(H,29,32)(H,30,33)/t20-,22+/m0/s1. The molecule has 0 saturated carbocycles. The van der Waals surface area contributed by atoms with E-state index in [0.29, 0.717) is 29.5 Å². The summed E-state index contributed by atoms with van der Waals surface area (Å²) in [7, 11) is 0. The molecule has 2 aromatic rings. The maximum absolute atomic E-state index is 12.9. The van der Waals surface area contributed by atoms with Crippen molar-refractivity contribution in [1.82, 2.24) is 10.2 Å². The smallest absolute Gasteiger partial charge is 0.253 e. The molecule has 1 fully saturated rings. The fraction of sp³-hybridized carbons (Fsp3) is 0.444. The topological polar surface area (TPSA) is 85.3 Å². The summed E-state index contributed by atoms with van der Waals surface area (Å²) in [5.74, 6) is 0.571. The van der Waals surface area contributed by atoms with E-state index in [-0.39, 0.29) is 29.8 Å². The Labute approximate surface area is 197 Å². The average molecular weight is 449 g/mol. The van der Waals surface area contributed by atoms with Crippen LogP contribution in [0.3, 0.4) is 0 Å². The van der Waals surface area contributed by atoms with Crippen molar-refractivity contribution < 1.29 is 9.59 Å². The summed E-state index contributed by atoms with van der Waals surface area (Å²) in [6.07, 6.45) is 2.91. The normalized spacial score (nSPS) is 18.3. The van der Waals surface area contributed by atoms with Crippen molar-refractivity contribution in [2.75, 3.05) is 18.4 Å². The first kappa shape index (κ1) is 24.5. The maximum Gasteiger partial charge on any atom is 0.253 e. The summed E-state index contributed by atoms with van der Waals surface area (Å²) in [5.41, 5.74) is 1.77. The number of carbonyl (C=O) groups excluding carboxylic acids is 2. The van der Waals surface area contributed by atoms with Gasteiger partial charge in [0, 0.05) is 18.0 Å². The van der Waals surface area contributed by atoms with E-state index in [2.05, 4.69) is 29.7 Å². The lowest BCUT2D eigenvalue weighted by Crippen LogP contribution is -2.41. The lowest BCUT2D eigenvalue weighted by Gasteiger charge is -2.22. The Bertz CT molecular complexity index is 981. The molecule has 0 aliphatic carbocycles. The van der Waals surface area contributed by atoms with Gasteiger partial charge in [0.05, 0.1) is 17.8 Å². The molecule has 176 valence electrons. The number of nitrogens with one attached hydrogen (secondary N) is 3. The highest BCUT2D eigenvalue weighted by atomic mass is 16.2. The molecular weight excluding hydrogens is 412 g/mol. The molecule has 6 nitrogen and oxygen atoms in total. The second kappa shape index (κ2) is 10.6. The Hall–Kier alpha value is -3.15. The van der Waals surface area contributed by atoms with Crippen molar-refractivity contribution in [3.05, 3.63) is 65.7 Å². The Morgan fingerprint density at radius 1 is 1.06 bits per heavy atom. The predicted octanol–water partition coefficient (Wildman–Crippen LogP) is 4.72. The second-order valence-electron chi connectivity index (χ2n) is 9.91. The van der Waals surface area contributed by atoms with Crippen LogP contribution in [0.2, 0.25) is 0 Å². The number of amidine groups is 1. The highest BCUT2D eigenvalue weighted by Gasteiger charge is 2.37. The Morgan fingerprint density at radius 3 is 2.39 bits per heavy atom. The van der Waals surface area contributed by atoms with Crippen LogP contribution in [0.4, 0.5) is 5.69 Å². The van der Waals surface area contributed by atoms with Gasteiger partial charge in [-0.25, -0.2) is 0 Å². The molecular formula is C27H36N4O2. The first-order valence-electron chi connectivity index (χ1n) is 11.8. The molecule has 2 atom stereocenters. The molecule has 0 aromatic heterocycles.